The maximum Gasteiger partial charge on any atom is 0.490 e. The third kappa shape index (κ3) is 5.74. The summed E-state index contributed by atoms with van der Waals surface area (Å²) in [5.74, 6) is -0.312. The van der Waals surface area contributed by atoms with Crippen LogP contribution in [-0.2, 0) is 31.6 Å². The highest BCUT2D eigenvalue weighted by Gasteiger charge is 2.55. The Hall–Kier alpha value is -1.59. The number of H-pyrrole nitrogens is 1. The van der Waals surface area contributed by atoms with Crippen LogP contribution in [0, 0.1) is 0 Å². The Labute approximate surface area is 181 Å². The zero-order valence-corrected chi connectivity index (χ0v) is 18.8. The number of phosphoric ester groups is 1. The first-order chi connectivity index (χ1) is 14.9. The molecule has 18 nitrogen and oxygen atoms in total. The van der Waals surface area contributed by atoms with Gasteiger partial charge in [-0.2, -0.15) is 13.6 Å². The molecule has 0 saturated carbocycles. The van der Waals surface area contributed by atoms with Crippen LogP contribution >= 0.6 is 23.5 Å². The second-order valence-electron chi connectivity index (χ2n) is 6.82. The molecule has 1 fully saturated rings. The molecule has 0 aliphatic carbocycles. The van der Waals surface area contributed by atoms with Gasteiger partial charge in [0.25, 0.3) is 5.56 Å². The van der Waals surface area contributed by atoms with E-state index < -0.39 is 59.7 Å². The average Bonchev–Trinajstić information content (AvgIpc) is 3.10. The van der Waals surface area contributed by atoms with Crippen LogP contribution in [0.25, 0.3) is 11.2 Å². The largest absolute Gasteiger partial charge is 0.490 e. The Bertz CT molecular complexity index is 1260. The molecule has 2 unspecified atom stereocenters. The number of nitrogens with two attached hydrogens (primary N) is 1. The molecule has 6 atom stereocenters. The van der Waals surface area contributed by atoms with Crippen molar-refractivity contribution < 1.29 is 60.6 Å². The van der Waals surface area contributed by atoms with Gasteiger partial charge >= 0.3 is 23.5 Å². The Morgan fingerprint density at radius 1 is 1.27 bits per heavy atom. The van der Waals surface area contributed by atoms with E-state index in [2.05, 4.69) is 28.1 Å². The number of halogens is 1. The fourth-order valence-electron chi connectivity index (χ4n) is 2.94. The summed E-state index contributed by atoms with van der Waals surface area (Å²) in [6.45, 7) is -0.157. The smallest absolute Gasteiger partial charge is 0.382 e. The lowest BCUT2D eigenvalue weighted by molar-refractivity contribution is -0.0888. The van der Waals surface area contributed by atoms with Gasteiger partial charge in [-0.1, -0.05) is 0 Å². The molecule has 0 amide bonds. The molecule has 0 radical (unpaired) electrons. The number of anilines is 1. The minimum absolute atomic E-state index is 0.178. The van der Waals surface area contributed by atoms with E-state index in [0.29, 0.717) is 0 Å². The molecule has 186 valence electrons. The Kier molecular flexibility index (Phi) is 6.76. The molecule has 8 N–H and O–H groups in total. The Morgan fingerprint density at radius 2 is 1.91 bits per heavy atom. The maximum atomic E-state index is 14.9. The molecule has 2 aromatic rings. The van der Waals surface area contributed by atoms with Crippen LogP contribution < -0.4 is 11.3 Å². The SMILES string of the molecule is C[C@]1(O)[C@H](F)[C@@H](COP(=O)(O)OP(=O)(O)OP(=O)(O)O)O[C@H]1n1cnc2c(=O)[nH]c(N)nc21. The number of nitrogen functional groups attached to an aromatic ring is 1. The number of imidazole rings is 1. The number of phosphoric acid groups is 3. The lowest BCUT2D eigenvalue weighted by Gasteiger charge is -2.26. The predicted molar refractivity (Wildman–Crippen MR) is 102 cm³/mol. The molecule has 0 aromatic carbocycles. The van der Waals surface area contributed by atoms with Crippen LogP contribution in [-0.4, -0.2) is 68.7 Å². The van der Waals surface area contributed by atoms with E-state index in [1.165, 1.54) is 0 Å². The number of aromatic nitrogens is 4. The van der Waals surface area contributed by atoms with Gasteiger partial charge in [-0.05, 0) is 6.92 Å². The van der Waals surface area contributed by atoms with Crippen LogP contribution in [0.15, 0.2) is 11.1 Å². The Balaban J connectivity index is 1.78. The van der Waals surface area contributed by atoms with Crippen molar-refractivity contribution in [3.8, 4) is 0 Å². The van der Waals surface area contributed by atoms with Crippen molar-refractivity contribution in [1.82, 2.24) is 19.5 Å². The lowest BCUT2D eigenvalue weighted by atomic mass is 9.98. The van der Waals surface area contributed by atoms with Crippen molar-refractivity contribution in [3.05, 3.63) is 16.7 Å². The molecule has 33 heavy (non-hydrogen) atoms. The van der Waals surface area contributed by atoms with Gasteiger partial charge in [0.1, 0.15) is 11.7 Å². The summed E-state index contributed by atoms with van der Waals surface area (Å²) in [7, 11) is -16.9. The van der Waals surface area contributed by atoms with E-state index in [1.54, 1.807) is 0 Å². The van der Waals surface area contributed by atoms with E-state index in [9.17, 15) is 32.9 Å². The normalized spacial score (nSPS) is 29.7. The number of hydrogen-bond acceptors (Lipinski definition) is 12. The van der Waals surface area contributed by atoms with Gasteiger partial charge in [-0.3, -0.25) is 18.9 Å². The van der Waals surface area contributed by atoms with Crippen LogP contribution in [0.2, 0.25) is 0 Å². The number of nitrogens with one attached hydrogen (secondary N) is 1. The fraction of sp³-hybridized carbons (Fsp3) is 0.545. The standard InChI is InChI=1S/C11H17FN5O13P3/c1-11(19)6(12)4(2-27-32(23,24)30-33(25,26)29-31(20,21)22)28-9(11)17-3-14-5-7(17)15-10(13)16-8(5)18/h3-4,6,9,19H,2H2,1H3,(H,23,24)(H,25,26)(H2,20,21,22)(H3,13,15,16,18)/t4-,6-,9-,11+/m1/s1. The monoisotopic (exact) mass is 539 g/mol. The highest BCUT2D eigenvalue weighted by molar-refractivity contribution is 7.66. The summed E-state index contributed by atoms with van der Waals surface area (Å²) >= 11 is 0. The Morgan fingerprint density at radius 3 is 2.52 bits per heavy atom. The quantitative estimate of drug-likeness (QED) is 0.199. The molecule has 0 spiro atoms. The summed E-state index contributed by atoms with van der Waals surface area (Å²) in [4.78, 5) is 57.4. The van der Waals surface area contributed by atoms with E-state index in [4.69, 9.17) is 25.2 Å². The second kappa shape index (κ2) is 8.57. The molecule has 0 bridgehead atoms. The van der Waals surface area contributed by atoms with Gasteiger partial charge in [0.15, 0.2) is 23.6 Å². The summed E-state index contributed by atoms with van der Waals surface area (Å²) < 4.78 is 66.4. The van der Waals surface area contributed by atoms with Crippen molar-refractivity contribution in [2.45, 2.75) is 31.0 Å². The van der Waals surface area contributed by atoms with Gasteiger partial charge in [0, 0.05) is 0 Å². The highest BCUT2D eigenvalue weighted by atomic mass is 31.3. The fourth-order valence-corrected chi connectivity index (χ4v) is 5.97. The molecule has 1 saturated heterocycles. The number of fused-ring (bicyclic) bond motifs is 1. The zero-order valence-electron chi connectivity index (χ0n) is 16.2. The second-order valence-corrected chi connectivity index (χ2v) is 11.2. The van der Waals surface area contributed by atoms with Crippen molar-refractivity contribution >= 4 is 40.6 Å². The molecule has 22 heteroatoms. The van der Waals surface area contributed by atoms with Crippen molar-refractivity contribution in [2.75, 3.05) is 12.3 Å². The summed E-state index contributed by atoms with van der Waals surface area (Å²) in [6, 6.07) is 0. The van der Waals surface area contributed by atoms with E-state index >= 15 is 0 Å². The number of alkyl halides is 1. The molecule has 3 rings (SSSR count). The molecule has 1 aliphatic heterocycles. The average molecular weight is 539 g/mol. The number of aliphatic hydroxyl groups is 1. The van der Waals surface area contributed by atoms with E-state index in [0.717, 1.165) is 17.8 Å². The first kappa shape index (κ1) is 26.0. The lowest BCUT2D eigenvalue weighted by Crippen LogP contribution is -2.41. The van der Waals surface area contributed by atoms with Gasteiger partial charge in [-0.25, -0.2) is 23.1 Å². The van der Waals surface area contributed by atoms with E-state index in [1.807, 2.05) is 0 Å². The summed E-state index contributed by atoms with van der Waals surface area (Å²) in [5.41, 5.74) is 2.02. The molecular weight excluding hydrogens is 522 g/mol. The number of rotatable bonds is 8. The van der Waals surface area contributed by atoms with Crippen molar-refractivity contribution in [2.24, 2.45) is 0 Å². The number of hydrogen-bond donors (Lipinski definition) is 7. The van der Waals surface area contributed by atoms with Crippen molar-refractivity contribution in [3.63, 3.8) is 0 Å². The van der Waals surface area contributed by atoms with Crippen LogP contribution in [0.1, 0.15) is 13.2 Å². The van der Waals surface area contributed by atoms with Crippen LogP contribution in [0.3, 0.4) is 0 Å². The topological polar surface area (TPSA) is 279 Å². The van der Waals surface area contributed by atoms with Gasteiger partial charge < -0.3 is 35.2 Å². The van der Waals surface area contributed by atoms with E-state index in [-0.39, 0.29) is 17.1 Å². The first-order valence-corrected chi connectivity index (χ1v) is 13.0. The van der Waals surface area contributed by atoms with Crippen LogP contribution in [0.5, 0.6) is 0 Å². The van der Waals surface area contributed by atoms with Crippen molar-refractivity contribution in [1.29, 1.82) is 0 Å². The third-order valence-electron chi connectivity index (χ3n) is 4.21. The molecule has 1 aliphatic rings. The van der Waals surface area contributed by atoms with Crippen LogP contribution in [0.4, 0.5) is 10.3 Å². The van der Waals surface area contributed by atoms with Gasteiger partial charge in [0.2, 0.25) is 5.95 Å². The summed E-state index contributed by atoms with van der Waals surface area (Å²) in [5, 5.41) is 10.6. The maximum absolute atomic E-state index is 14.9. The minimum atomic E-state index is -5.78. The first-order valence-electron chi connectivity index (χ1n) is 8.44. The third-order valence-corrected chi connectivity index (χ3v) is 8.01. The predicted octanol–water partition coefficient (Wildman–Crippen LogP) is -0.968. The van der Waals surface area contributed by atoms with Gasteiger partial charge in [0.05, 0.1) is 12.9 Å². The molecular formula is C11H17FN5O13P3. The van der Waals surface area contributed by atoms with Gasteiger partial charge in [-0.15, -0.1) is 0 Å². The highest BCUT2D eigenvalue weighted by Crippen LogP contribution is 2.66. The number of aromatic amines is 1. The summed E-state index contributed by atoms with van der Waals surface area (Å²) in [6.07, 6.45) is -4.68. The number of ether oxygens (including phenoxy) is 1. The minimum Gasteiger partial charge on any atom is -0.382 e. The molecule has 3 heterocycles. The molecule has 2 aromatic heterocycles. The zero-order chi connectivity index (χ0) is 25.0. The number of nitrogens with zero attached hydrogens (tertiary/aromatic N) is 3.